The third kappa shape index (κ3) is 3.58. The number of ether oxygens (including phenoxy) is 3. The Morgan fingerprint density at radius 1 is 1.07 bits per heavy atom. The van der Waals surface area contributed by atoms with Gasteiger partial charge in [0.15, 0.2) is 18.1 Å². The van der Waals surface area contributed by atoms with E-state index in [1.165, 1.54) is 18.2 Å². The number of fused-ring (bicyclic) bond motifs is 1. The van der Waals surface area contributed by atoms with Gasteiger partial charge in [-0.1, -0.05) is 12.1 Å². The molecule has 27 heavy (non-hydrogen) atoms. The molecule has 1 N–H and O–H groups in total. The average molecular weight is 371 g/mol. The van der Waals surface area contributed by atoms with Gasteiger partial charge >= 0.3 is 5.97 Å². The number of carbonyl (C=O) groups excluding carboxylic acids is 2. The molecule has 0 bridgehead atoms. The molecule has 1 aliphatic carbocycles. The van der Waals surface area contributed by atoms with Crippen molar-refractivity contribution in [2.45, 2.75) is 31.5 Å². The molecular weight excluding hydrogens is 353 g/mol. The lowest BCUT2D eigenvalue weighted by Crippen LogP contribution is -2.34. The summed E-state index contributed by atoms with van der Waals surface area (Å²) in [5.74, 6) is -1.45. The predicted molar refractivity (Wildman–Crippen MR) is 94.2 cm³/mol. The zero-order valence-corrected chi connectivity index (χ0v) is 14.5. The minimum absolute atomic E-state index is 0.213. The van der Waals surface area contributed by atoms with Crippen LogP contribution in [0.5, 0.6) is 11.5 Å². The molecule has 2 aromatic rings. The number of amides is 1. The SMILES string of the molecule is O=C(COC(=O)c1ccccc1F)Nc1ccc2c(c1)OC1(CCCC1)O2. The topological polar surface area (TPSA) is 73.9 Å². The lowest BCUT2D eigenvalue weighted by atomic mass is 10.2. The second-order valence-electron chi connectivity index (χ2n) is 6.59. The monoisotopic (exact) mass is 371 g/mol. The van der Waals surface area contributed by atoms with E-state index >= 15 is 0 Å². The van der Waals surface area contributed by atoms with Gasteiger partial charge in [-0.3, -0.25) is 4.79 Å². The first kappa shape index (κ1) is 17.3. The van der Waals surface area contributed by atoms with Crippen molar-refractivity contribution in [2.24, 2.45) is 0 Å². The highest BCUT2D eigenvalue weighted by Crippen LogP contribution is 2.47. The molecule has 0 atom stereocenters. The van der Waals surface area contributed by atoms with Crippen molar-refractivity contribution >= 4 is 17.6 Å². The van der Waals surface area contributed by atoms with Crippen LogP contribution in [0.25, 0.3) is 0 Å². The Bertz CT molecular complexity index is 892. The van der Waals surface area contributed by atoms with Crippen LogP contribution in [0.1, 0.15) is 36.0 Å². The Morgan fingerprint density at radius 3 is 2.59 bits per heavy atom. The first-order chi connectivity index (χ1) is 13.0. The van der Waals surface area contributed by atoms with E-state index in [1.54, 1.807) is 18.2 Å². The number of benzene rings is 2. The lowest BCUT2D eigenvalue weighted by Gasteiger charge is -2.21. The van der Waals surface area contributed by atoms with Crippen molar-refractivity contribution in [3.63, 3.8) is 0 Å². The van der Waals surface area contributed by atoms with Gasteiger partial charge in [0.1, 0.15) is 5.82 Å². The normalized spacial score (nSPS) is 16.3. The molecule has 4 rings (SSSR count). The summed E-state index contributed by atoms with van der Waals surface area (Å²) < 4.78 is 30.3. The molecule has 0 radical (unpaired) electrons. The van der Waals surface area contributed by atoms with E-state index in [2.05, 4.69) is 5.32 Å². The van der Waals surface area contributed by atoms with Crippen molar-refractivity contribution in [1.82, 2.24) is 0 Å². The summed E-state index contributed by atoms with van der Waals surface area (Å²) in [6, 6.07) is 10.5. The van der Waals surface area contributed by atoms with Crippen molar-refractivity contribution in [3.05, 3.63) is 53.8 Å². The van der Waals surface area contributed by atoms with Crippen LogP contribution in [0.4, 0.5) is 10.1 Å². The van der Waals surface area contributed by atoms with Gasteiger partial charge in [-0.15, -0.1) is 0 Å². The molecule has 140 valence electrons. The molecule has 2 aromatic carbocycles. The smallest absolute Gasteiger partial charge is 0.341 e. The first-order valence-electron chi connectivity index (χ1n) is 8.78. The maximum Gasteiger partial charge on any atom is 0.341 e. The maximum atomic E-state index is 13.5. The van der Waals surface area contributed by atoms with Crippen LogP contribution in [0.15, 0.2) is 42.5 Å². The maximum absolute atomic E-state index is 13.5. The Kier molecular flexibility index (Phi) is 4.43. The molecule has 6 nitrogen and oxygen atoms in total. The van der Waals surface area contributed by atoms with Crippen LogP contribution in [-0.4, -0.2) is 24.3 Å². The largest absolute Gasteiger partial charge is 0.452 e. The first-order valence-corrected chi connectivity index (χ1v) is 8.78. The van der Waals surface area contributed by atoms with Gasteiger partial charge in [0.2, 0.25) is 0 Å². The molecule has 1 fully saturated rings. The zero-order valence-electron chi connectivity index (χ0n) is 14.5. The van der Waals surface area contributed by atoms with Crippen molar-refractivity contribution in [3.8, 4) is 11.5 Å². The Hall–Kier alpha value is -3.09. The number of hydrogen-bond acceptors (Lipinski definition) is 5. The summed E-state index contributed by atoms with van der Waals surface area (Å²) in [4.78, 5) is 23.9. The van der Waals surface area contributed by atoms with Crippen LogP contribution < -0.4 is 14.8 Å². The lowest BCUT2D eigenvalue weighted by molar-refractivity contribution is -0.119. The molecule has 7 heteroatoms. The van der Waals surface area contributed by atoms with Crippen LogP contribution in [0.3, 0.4) is 0 Å². The van der Waals surface area contributed by atoms with E-state index in [0.29, 0.717) is 17.2 Å². The molecule has 1 aliphatic heterocycles. The van der Waals surface area contributed by atoms with E-state index < -0.39 is 30.1 Å². The number of esters is 1. The molecule has 2 aliphatic rings. The molecule has 1 saturated carbocycles. The van der Waals surface area contributed by atoms with Crippen molar-refractivity contribution in [2.75, 3.05) is 11.9 Å². The van der Waals surface area contributed by atoms with Gasteiger partial charge in [0.05, 0.1) is 5.56 Å². The average Bonchev–Trinajstić information content (AvgIpc) is 3.25. The van der Waals surface area contributed by atoms with Gasteiger partial charge in [0, 0.05) is 24.6 Å². The molecule has 1 amide bonds. The third-order valence-corrected chi connectivity index (χ3v) is 4.61. The fraction of sp³-hybridized carbons (Fsp3) is 0.300. The van der Waals surface area contributed by atoms with Gasteiger partial charge in [-0.05, 0) is 37.1 Å². The number of hydrogen-bond donors (Lipinski definition) is 1. The highest BCUT2D eigenvalue weighted by Gasteiger charge is 2.44. The summed E-state index contributed by atoms with van der Waals surface area (Å²) in [5.41, 5.74) is 0.287. The van der Waals surface area contributed by atoms with Gasteiger partial charge in [0.25, 0.3) is 11.7 Å². The quantitative estimate of drug-likeness (QED) is 0.831. The van der Waals surface area contributed by atoms with Gasteiger partial charge < -0.3 is 19.5 Å². The van der Waals surface area contributed by atoms with E-state index in [-0.39, 0.29) is 5.56 Å². The summed E-state index contributed by atoms with van der Waals surface area (Å²) in [6.07, 6.45) is 3.81. The Labute approximate surface area is 155 Å². The van der Waals surface area contributed by atoms with Gasteiger partial charge in [-0.2, -0.15) is 0 Å². The molecule has 0 saturated heterocycles. The fourth-order valence-electron chi connectivity index (χ4n) is 3.32. The third-order valence-electron chi connectivity index (χ3n) is 4.61. The second-order valence-corrected chi connectivity index (χ2v) is 6.59. The number of carbonyl (C=O) groups is 2. The minimum atomic E-state index is -0.892. The van der Waals surface area contributed by atoms with Crippen molar-refractivity contribution in [1.29, 1.82) is 0 Å². The van der Waals surface area contributed by atoms with Crippen molar-refractivity contribution < 1.29 is 28.2 Å². The van der Waals surface area contributed by atoms with Gasteiger partial charge in [-0.25, -0.2) is 9.18 Å². The Morgan fingerprint density at radius 2 is 1.81 bits per heavy atom. The van der Waals surface area contributed by atoms with E-state index in [4.69, 9.17) is 14.2 Å². The molecule has 0 unspecified atom stereocenters. The van der Waals surface area contributed by atoms with E-state index in [0.717, 1.165) is 31.7 Å². The summed E-state index contributed by atoms with van der Waals surface area (Å²) >= 11 is 0. The second kappa shape index (κ2) is 6.90. The molecule has 1 spiro atoms. The van der Waals surface area contributed by atoms with E-state index in [9.17, 15) is 14.0 Å². The van der Waals surface area contributed by atoms with E-state index in [1.807, 2.05) is 0 Å². The Balaban J connectivity index is 1.34. The molecule has 1 heterocycles. The molecule has 0 aromatic heterocycles. The highest BCUT2D eigenvalue weighted by atomic mass is 19.1. The zero-order chi connectivity index (χ0) is 18.9. The number of nitrogens with one attached hydrogen (secondary N) is 1. The standard InChI is InChI=1S/C20H18FNO5/c21-15-6-2-1-5-14(15)19(24)25-12-18(23)22-13-7-8-16-17(11-13)27-20(26-16)9-3-4-10-20/h1-2,5-8,11H,3-4,9-10,12H2,(H,22,23). The number of anilines is 1. The van der Waals surface area contributed by atoms with Crippen LogP contribution in [0, 0.1) is 5.82 Å². The number of halogens is 1. The summed E-state index contributed by atoms with van der Waals surface area (Å²) in [7, 11) is 0. The summed E-state index contributed by atoms with van der Waals surface area (Å²) in [5, 5.41) is 2.63. The fourth-order valence-corrected chi connectivity index (χ4v) is 3.32. The van der Waals surface area contributed by atoms with Crippen LogP contribution in [0.2, 0.25) is 0 Å². The number of rotatable bonds is 4. The predicted octanol–water partition coefficient (Wildman–Crippen LogP) is 3.66. The highest BCUT2D eigenvalue weighted by molar-refractivity contribution is 5.95. The minimum Gasteiger partial charge on any atom is -0.452 e. The summed E-state index contributed by atoms with van der Waals surface area (Å²) in [6.45, 7) is -0.522. The van der Waals surface area contributed by atoms with Crippen LogP contribution in [-0.2, 0) is 9.53 Å². The van der Waals surface area contributed by atoms with Crippen LogP contribution >= 0.6 is 0 Å². The molecular formula is C20H18FNO5.